The Labute approximate surface area is 271 Å². The van der Waals surface area contributed by atoms with Gasteiger partial charge in [0.1, 0.15) is 5.92 Å². The van der Waals surface area contributed by atoms with Gasteiger partial charge in [-0.15, -0.1) is 0 Å². The molecule has 266 valence electrons. The molecule has 1 heterocycles. The number of carbonyl (C=O) groups excluding carboxylic acids is 1. The third-order valence-electron chi connectivity index (χ3n) is 8.58. The average molecular weight is 661 g/mol. The van der Waals surface area contributed by atoms with Crippen LogP contribution in [-0.2, 0) is 33.5 Å². The van der Waals surface area contributed by atoms with Gasteiger partial charge < -0.3 is 35.4 Å². The topological polar surface area (TPSA) is 233 Å². The Kier molecular flexibility index (Phi) is 21.5. The molecule has 1 rings (SSSR count). The normalized spacial score (nSPS) is 18.4. The molecular formula is C33H56O13. The lowest BCUT2D eigenvalue weighted by atomic mass is 9.81. The smallest absolute Gasteiger partial charge is 0.349 e. The van der Waals surface area contributed by atoms with Crippen LogP contribution in [0.25, 0.3) is 0 Å². The van der Waals surface area contributed by atoms with Gasteiger partial charge in [0.05, 0.1) is 12.3 Å². The van der Waals surface area contributed by atoms with Gasteiger partial charge in [-0.3, -0.25) is 19.2 Å². The van der Waals surface area contributed by atoms with E-state index in [1.54, 1.807) is 0 Å². The fourth-order valence-electron chi connectivity index (χ4n) is 5.80. The molecule has 6 N–H and O–H groups in total. The van der Waals surface area contributed by atoms with Crippen LogP contribution in [0.1, 0.15) is 149 Å². The summed E-state index contributed by atoms with van der Waals surface area (Å²) in [5, 5.41) is 55.7. The number of ether oxygens (including phenoxy) is 1. The highest BCUT2D eigenvalue weighted by Gasteiger charge is 2.56. The molecule has 1 aliphatic heterocycles. The van der Waals surface area contributed by atoms with Crippen molar-refractivity contribution in [2.24, 2.45) is 11.8 Å². The lowest BCUT2D eigenvalue weighted by Gasteiger charge is -2.29. The van der Waals surface area contributed by atoms with Gasteiger partial charge in [-0.05, 0) is 12.8 Å². The average Bonchev–Trinajstić information content (AvgIpc) is 3.37. The van der Waals surface area contributed by atoms with E-state index >= 15 is 0 Å². The lowest BCUT2D eigenvalue weighted by molar-refractivity contribution is -0.182. The van der Waals surface area contributed by atoms with Gasteiger partial charge in [0, 0.05) is 12.8 Å². The summed E-state index contributed by atoms with van der Waals surface area (Å²) in [7, 11) is 0. The van der Waals surface area contributed by atoms with Crippen LogP contribution in [0.4, 0.5) is 0 Å². The first kappa shape index (κ1) is 42.8. The fraction of sp³-hybridized carbons (Fsp3) is 0.818. The Morgan fingerprint density at radius 1 is 0.696 bits per heavy atom. The van der Waals surface area contributed by atoms with E-state index < -0.39 is 65.3 Å². The second-order valence-electron chi connectivity index (χ2n) is 12.3. The van der Waals surface area contributed by atoms with Crippen molar-refractivity contribution < 1.29 is 64.1 Å². The molecule has 46 heavy (non-hydrogen) atoms. The molecule has 0 aromatic rings. The molecule has 1 aliphatic rings. The first-order valence-corrected chi connectivity index (χ1v) is 16.8. The van der Waals surface area contributed by atoms with Gasteiger partial charge in [-0.25, -0.2) is 9.59 Å². The molecule has 1 fully saturated rings. The molecule has 0 radical (unpaired) electrons. The maximum atomic E-state index is 11.5. The summed E-state index contributed by atoms with van der Waals surface area (Å²) in [6.45, 7) is 4.30. The monoisotopic (exact) mass is 660 g/mol. The molecule has 4 atom stereocenters. The van der Waals surface area contributed by atoms with E-state index in [0.717, 1.165) is 51.4 Å². The maximum Gasteiger partial charge on any atom is 0.349 e. The van der Waals surface area contributed by atoms with E-state index in [4.69, 9.17) is 20.1 Å². The number of unbranched alkanes of at least 4 members (excludes halogenated alkanes) is 14. The van der Waals surface area contributed by atoms with Gasteiger partial charge in [0.15, 0.2) is 5.60 Å². The zero-order valence-corrected chi connectivity index (χ0v) is 27.5. The SMILES string of the molecule is CCCCCCCCCC[C@@H](C(=O)O)[C@]1(C(=O)O)CCC(=O)O1.CCCCCCCCCC[C@H](C(=O)O)[C@](O)(CC(=O)O)C(=O)O. The largest absolute Gasteiger partial charge is 0.481 e. The maximum absolute atomic E-state index is 11.5. The zero-order chi connectivity index (χ0) is 35.2. The summed E-state index contributed by atoms with van der Waals surface area (Å²) in [6.07, 6.45) is 15.3. The third kappa shape index (κ3) is 15.4. The Hall–Kier alpha value is -3.22. The standard InChI is InChI=1S/C17H28O6.C16H28O7/c1-2-3-4-5-6-7-8-9-10-13(15(19)20)17(16(21)22)12-11-14(18)23-17;1-2-3-4-5-6-7-8-9-10-12(14(19)20)16(23,15(21)22)11-13(17)18/h13H,2-12H2,1H3,(H,19,20)(H,21,22);12,23H,2-11H2,1H3,(H,17,18)(H,19,20)(H,21,22)/t13-,17-;12-,16-/m01/s1. The number of hydrogen-bond acceptors (Lipinski definition) is 8. The number of carbonyl (C=O) groups is 6. The molecule has 0 bridgehead atoms. The minimum absolute atomic E-state index is 0.0342. The third-order valence-corrected chi connectivity index (χ3v) is 8.58. The molecule has 13 heteroatoms. The van der Waals surface area contributed by atoms with Gasteiger partial charge in [0.25, 0.3) is 0 Å². The van der Waals surface area contributed by atoms with Gasteiger partial charge >= 0.3 is 35.8 Å². The van der Waals surface area contributed by atoms with Crippen LogP contribution >= 0.6 is 0 Å². The first-order chi connectivity index (χ1) is 21.7. The number of hydrogen-bond donors (Lipinski definition) is 6. The Balaban J connectivity index is 0.000000880. The summed E-state index contributed by atoms with van der Waals surface area (Å²) < 4.78 is 4.94. The highest BCUT2D eigenvalue weighted by Crippen LogP contribution is 2.37. The number of carboxylic acid groups (broad SMARTS) is 5. The predicted octanol–water partition coefficient (Wildman–Crippen LogP) is 5.89. The van der Waals surface area contributed by atoms with E-state index in [2.05, 4.69) is 13.8 Å². The van der Waals surface area contributed by atoms with Crippen molar-refractivity contribution in [3.8, 4) is 0 Å². The van der Waals surface area contributed by atoms with Gasteiger partial charge in [0.2, 0.25) is 5.60 Å². The molecule has 0 spiro atoms. The summed E-state index contributed by atoms with van der Waals surface area (Å²) in [5.74, 6) is -10.8. The van der Waals surface area contributed by atoms with E-state index in [0.29, 0.717) is 12.8 Å². The van der Waals surface area contributed by atoms with Crippen LogP contribution in [0, 0.1) is 11.8 Å². The van der Waals surface area contributed by atoms with Crippen molar-refractivity contribution in [3.63, 3.8) is 0 Å². The molecule has 0 amide bonds. The number of carboxylic acids is 5. The molecule has 1 saturated heterocycles. The number of aliphatic carboxylic acids is 5. The summed E-state index contributed by atoms with van der Waals surface area (Å²) >= 11 is 0. The summed E-state index contributed by atoms with van der Waals surface area (Å²) in [4.78, 5) is 67.5. The minimum atomic E-state index is -2.78. The van der Waals surface area contributed by atoms with Crippen LogP contribution in [-0.4, -0.2) is 77.7 Å². The number of esters is 1. The Morgan fingerprint density at radius 3 is 1.46 bits per heavy atom. The van der Waals surface area contributed by atoms with Crippen LogP contribution in [0.15, 0.2) is 0 Å². The molecule has 0 unspecified atom stereocenters. The highest BCUT2D eigenvalue weighted by molar-refractivity contribution is 5.91. The molecule has 0 aliphatic carbocycles. The Bertz CT molecular complexity index is 965. The quantitative estimate of drug-likeness (QED) is 0.0470. The van der Waals surface area contributed by atoms with Crippen molar-refractivity contribution >= 4 is 35.8 Å². The van der Waals surface area contributed by atoms with Gasteiger partial charge in [-0.2, -0.15) is 0 Å². The van der Waals surface area contributed by atoms with E-state index in [1.165, 1.54) is 38.5 Å². The highest BCUT2D eigenvalue weighted by atomic mass is 16.6. The summed E-state index contributed by atoms with van der Waals surface area (Å²) in [5.41, 5.74) is -4.66. The molecule has 13 nitrogen and oxygen atoms in total. The predicted molar refractivity (Wildman–Crippen MR) is 167 cm³/mol. The fourth-order valence-corrected chi connectivity index (χ4v) is 5.80. The van der Waals surface area contributed by atoms with Crippen molar-refractivity contribution in [2.75, 3.05) is 0 Å². The van der Waals surface area contributed by atoms with Crippen LogP contribution in [0.5, 0.6) is 0 Å². The molecular weight excluding hydrogens is 604 g/mol. The minimum Gasteiger partial charge on any atom is -0.481 e. The van der Waals surface area contributed by atoms with Gasteiger partial charge in [-0.1, -0.05) is 117 Å². The Morgan fingerprint density at radius 2 is 1.13 bits per heavy atom. The number of cyclic esters (lactones) is 1. The van der Waals surface area contributed by atoms with Crippen molar-refractivity contribution in [3.05, 3.63) is 0 Å². The van der Waals surface area contributed by atoms with Crippen molar-refractivity contribution in [1.29, 1.82) is 0 Å². The second kappa shape index (κ2) is 23.2. The van der Waals surface area contributed by atoms with E-state index in [1.807, 2.05) is 0 Å². The van der Waals surface area contributed by atoms with Crippen LogP contribution < -0.4 is 0 Å². The second-order valence-corrected chi connectivity index (χ2v) is 12.3. The van der Waals surface area contributed by atoms with Crippen LogP contribution in [0.2, 0.25) is 0 Å². The van der Waals surface area contributed by atoms with E-state index in [-0.39, 0.29) is 25.7 Å². The van der Waals surface area contributed by atoms with Crippen LogP contribution in [0.3, 0.4) is 0 Å². The number of aliphatic hydroxyl groups is 1. The lowest BCUT2D eigenvalue weighted by Crippen LogP contribution is -2.50. The molecule has 0 aromatic heterocycles. The van der Waals surface area contributed by atoms with Crippen molar-refractivity contribution in [1.82, 2.24) is 0 Å². The van der Waals surface area contributed by atoms with E-state index in [9.17, 15) is 44.1 Å². The zero-order valence-electron chi connectivity index (χ0n) is 27.5. The summed E-state index contributed by atoms with van der Waals surface area (Å²) in [6, 6.07) is 0. The first-order valence-electron chi connectivity index (χ1n) is 16.8. The number of rotatable bonds is 26. The molecule has 0 saturated carbocycles. The van der Waals surface area contributed by atoms with Crippen molar-refractivity contribution in [2.45, 2.75) is 160 Å². The molecule has 0 aromatic carbocycles.